The topological polar surface area (TPSA) is 64.6 Å². The van der Waals surface area contributed by atoms with Gasteiger partial charge in [-0.2, -0.15) is 0 Å². The SMILES string of the molecule is CCCCCCCCCC(=O)OCCOc1ccc(NC(C)=O)cc1. The van der Waals surface area contributed by atoms with Crippen molar-refractivity contribution in [3.8, 4) is 5.75 Å². The van der Waals surface area contributed by atoms with Crippen molar-refractivity contribution >= 4 is 17.6 Å². The second-order valence-corrected chi connectivity index (χ2v) is 6.15. The first-order valence-electron chi connectivity index (χ1n) is 9.28. The van der Waals surface area contributed by atoms with Gasteiger partial charge in [0.25, 0.3) is 0 Å². The molecule has 140 valence electrons. The van der Waals surface area contributed by atoms with E-state index in [0.29, 0.717) is 18.8 Å². The average molecular weight is 349 g/mol. The maximum Gasteiger partial charge on any atom is 0.305 e. The molecule has 0 heterocycles. The zero-order valence-electron chi connectivity index (χ0n) is 15.5. The van der Waals surface area contributed by atoms with Crippen molar-refractivity contribution in [2.45, 2.75) is 65.2 Å². The summed E-state index contributed by atoms with van der Waals surface area (Å²) in [6.45, 7) is 4.25. The quantitative estimate of drug-likeness (QED) is 0.414. The fourth-order valence-corrected chi connectivity index (χ4v) is 2.45. The lowest BCUT2D eigenvalue weighted by molar-refractivity contribution is -0.144. The van der Waals surface area contributed by atoms with E-state index in [1.807, 2.05) is 0 Å². The third kappa shape index (κ3) is 11.2. The molecule has 1 aromatic carbocycles. The Labute approximate surface area is 151 Å². The maximum atomic E-state index is 11.6. The van der Waals surface area contributed by atoms with Crippen LogP contribution in [0.1, 0.15) is 65.2 Å². The van der Waals surface area contributed by atoms with Crippen LogP contribution in [0.4, 0.5) is 5.69 Å². The zero-order chi connectivity index (χ0) is 18.3. The van der Waals surface area contributed by atoms with Gasteiger partial charge >= 0.3 is 5.97 Å². The Kier molecular flexibility index (Phi) is 11.2. The number of anilines is 1. The van der Waals surface area contributed by atoms with Crippen molar-refractivity contribution in [3.63, 3.8) is 0 Å². The Bertz CT molecular complexity index is 499. The van der Waals surface area contributed by atoms with Crippen LogP contribution in [-0.4, -0.2) is 25.1 Å². The lowest BCUT2D eigenvalue weighted by Crippen LogP contribution is -2.12. The van der Waals surface area contributed by atoms with Gasteiger partial charge in [0.2, 0.25) is 5.91 Å². The molecule has 0 saturated heterocycles. The monoisotopic (exact) mass is 349 g/mol. The van der Waals surface area contributed by atoms with Crippen molar-refractivity contribution in [2.24, 2.45) is 0 Å². The van der Waals surface area contributed by atoms with Crippen LogP contribution in [0.15, 0.2) is 24.3 Å². The van der Waals surface area contributed by atoms with Gasteiger partial charge in [-0.3, -0.25) is 9.59 Å². The molecule has 0 aliphatic carbocycles. The highest BCUT2D eigenvalue weighted by Crippen LogP contribution is 2.15. The van der Waals surface area contributed by atoms with E-state index < -0.39 is 0 Å². The Hall–Kier alpha value is -2.04. The minimum Gasteiger partial charge on any atom is -0.490 e. The summed E-state index contributed by atoms with van der Waals surface area (Å²) < 4.78 is 10.7. The Morgan fingerprint density at radius 1 is 0.920 bits per heavy atom. The number of hydrogen-bond acceptors (Lipinski definition) is 4. The molecule has 5 nitrogen and oxygen atoms in total. The lowest BCUT2D eigenvalue weighted by Gasteiger charge is -2.08. The lowest BCUT2D eigenvalue weighted by atomic mass is 10.1. The number of benzene rings is 1. The number of esters is 1. The van der Waals surface area contributed by atoms with Crippen LogP contribution < -0.4 is 10.1 Å². The molecule has 1 aromatic rings. The standard InChI is InChI=1S/C20H31NO4/c1-3-4-5-6-7-8-9-10-20(23)25-16-15-24-19-13-11-18(12-14-19)21-17(2)22/h11-14H,3-10,15-16H2,1-2H3,(H,21,22). The smallest absolute Gasteiger partial charge is 0.305 e. The molecule has 0 unspecified atom stereocenters. The van der Waals surface area contributed by atoms with Gasteiger partial charge in [0.15, 0.2) is 0 Å². The van der Waals surface area contributed by atoms with Gasteiger partial charge in [-0.05, 0) is 30.7 Å². The second-order valence-electron chi connectivity index (χ2n) is 6.15. The van der Waals surface area contributed by atoms with E-state index >= 15 is 0 Å². The van der Waals surface area contributed by atoms with E-state index in [9.17, 15) is 9.59 Å². The van der Waals surface area contributed by atoms with E-state index in [1.165, 1.54) is 39.0 Å². The van der Waals surface area contributed by atoms with E-state index in [-0.39, 0.29) is 18.5 Å². The van der Waals surface area contributed by atoms with Crippen LogP contribution in [0.5, 0.6) is 5.75 Å². The fraction of sp³-hybridized carbons (Fsp3) is 0.600. The van der Waals surface area contributed by atoms with Gasteiger partial charge in [-0.15, -0.1) is 0 Å². The molecule has 0 atom stereocenters. The summed E-state index contributed by atoms with van der Waals surface area (Å²) in [5, 5.41) is 2.69. The average Bonchev–Trinajstić information content (AvgIpc) is 2.59. The molecule has 0 aliphatic heterocycles. The van der Waals surface area contributed by atoms with Gasteiger partial charge in [0.1, 0.15) is 19.0 Å². The Morgan fingerprint density at radius 3 is 2.20 bits per heavy atom. The van der Waals surface area contributed by atoms with Crippen LogP contribution in [-0.2, 0) is 14.3 Å². The highest BCUT2D eigenvalue weighted by atomic mass is 16.6. The van der Waals surface area contributed by atoms with Crippen molar-refractivity contribution in [1.82, 2.24) is 0 Å². The molecule has 1 N–H and O–H groups in total. The van der Waals surface area contributed by atoms with Crippen LogP contribution in [0, 0.1) is 0 Å². The minimum atomic E-state index is -0.154. The van der Waals surface area contributed by atoms with Gasteiger partial charge < -0.3 is 14.8 Å². The predicted octanol–water partition coefficient (Wildman–Crippen LogP) is 4.71. The van der Waals surface area contributed by atoms with E-state index in [0.717, 1.165) is 18.5 Å². The van der Waals surface area contributed by atoms with Gasteiger partial charge in [-0.25, -0.2) is 0 Å². The summed E-state index contributed by atoms with van der Waals surface area (Å²) in [6.07, 6.45) is 8.80. The van der Waals surface area contributed by atoms with Crippen LogP contribution in [0.25, 0.3) is 0 Å². The molecule has 0 bridgehead atoms. The predicted molar refractivity (Wildman–Crippen MR) is 99.8 cm³/mol. The summed E-state index contributed by atoms with van der Waals surface area (Å²) >= 11 is 0. The number of ether oxygens (including phenoxy) is 2. The highest BCUT2D eigenvalue weighted by molar-refractivity contribution is 5.88. The molecule has 0 fully saturated rings. The van der Waals surface area contributed by atoms with Crippen LogP contribution in [0.2, 0.25) is 0 Å². The van der Waals surface area contributed by atoms with Crippen LogP contribution in [0.3, 0.4) is 0 Å². The molecule has 0 aliphatic rings. The highest BCUT2D eigenvalue weighted by Gasteiger charge is 2.03. The number of unbranched alkanes of at least 4 members (excludes halogenated alkanes) is 6. The van der Waals surface area contributed by atoms with Gasteiger partial charge in [0.05, 0.1) is 0 Å². The summed E-state index contributed by atoms with van der Waals surface area (Å²) in [7, 11) is 0. The first-order chi connectivity index (χ1) is 12.1. The maximum absolute atomic E-state index is 11.6. The number of carbonyl (C=O) groups is 2. The molecule has 0 radical (unpaired) electrons. The molecule has 1 rings (SSSR count). The summed E-state index contributed by atoms with van der Waals surface area (Å²) in [5.41, 5.74) is 0.723. The van der Waals surface area contributed by atoms with Crippen molar-refractivity contribution in [2.75, 3.05) is 18.5 Å². The largest absolute Gasteiger partial charge is 0.490 e. The summed E-state index contributed by atoms with van der Waals surface area (Å²) in [5.74, 6) is 0.414. The van der Waals surface area contributed by atoms with E-state index in [4.69, 9.17) is 9.47 Å². The van der Waals surface area contributed by atoms with Crippen LogP contribution >= 0.6 is 0 Å². The first kappa shape index (κ1) is 21.0. The van der Waals surface area contributed by atoms with Crippen molar-refractivity contribution < 1.29 is 19.1 Å². The molecular weight excluding hydrogens is 318 g/mol. The third-order valence-electron chi connectivity index (χ3n) is 3.77. The summed E-state index contributed by atoms with van der Waals surface area (Å²) in [6, 6.07) is 7.07. The first-order valence-corrected chi connectivity index (χ1v) is 9.28. The number of amides is 1. The van der Waals surface area contributed by atoms with E-state index in [1.54, 1.807) is 24.3 Å². The number of hydrogen-bond donors (Lipinski definition) is 1. The number of nitrogens with one attached hydrogen (secondary N) is 1. The Balaban J connectivity index is 2.03. The minimum absolute atomic E-state index is 0.110. The molecule has 25 heavy (non-hydrogen) atoms. The van der Waals surface area contributed by atoms with E-state index in [2.05, 4.69) is 12.2 Å². The molecule has 0 saturated carbocycles. The number of rotatable bonds is 13. The third-order valence-corrected chi connectivity index (χ3v) is 3.77. The Morgan fingerprint density at radius 2 is 1.56 bits per heavy atom. The zero-order valence-corrected chi connectivity index (χ0v) is 15.5. The molecule has 5 heteroatoms. The van der Waals surface area contributed by atoms with Gasteiger partial charge in [-0.1, -0.05) is 45.4 Å². The molecule has 1 amide bonds. The summed E-state index contributed by atoms with van der Waals surface area (Å²) in [4.78, 5) is 22.6. The normalized spacial score (nSPS) is 10.3. The number of carbonyl (C=O) groups excluding carboxylic acids is 2. The fourth-order valence-electron chi connectivity index (χ4n) is 2.45. The second kappa shape index (κ2) is 13.3. The molecule has 0 aromatic heterocycles. The van der Waals surface area contributed by atoms with Crippen molar-refractivity contribution in [1.29, 1.82) is 0 Å². The molecule has 0 spiro atoms. The van der Waals surface area contributed by atoms with Crippen molar-refractivity contribution in [3.05, 3.63) is 24.3 Å². The molecular formula is C20H31NO4. The van der Waals surface area contributed by atoms with Gasteiger partial charge in [0, 0.05) is 19.0 Å².